The van der Waals surface area contributed by atoms with Crippen molar-refractivity contribution in [3.63, 3.8) is 0 Å². The molecular formula is C47H84N2O6P+. The molecule has 0 heterocycles. The fourth-order valence-corrected chi connectivity index (χ4v) is 6.35. The smallest absolute Gasteiger partial charge is 0.387 e. The second kappa shape index (κ2) is 38.2. The van der Waals surface area contributed by atoms with Crippen LogP contribution in [0.15, 0.2) is 85.1 Å². The van der Waals surface area contributed by atoms with Crippen molar-refractivity contribution >= 4 is 13.7 Å². The molecule has 322 valence electrons. The zero-order valence-electron chi connectivity index (χ0n) is 36.3. The van der Waals surface area contributed by atoms with E-state index in [9.17, 15) is 19.4 Å². The Bertz CT molecular complexity index is 1180. The topological polar surface area (TPSA) is 105 Å². The summed E-state index contributed by atoms with van der Waals surface area (Å²) in [5.74, 6) is -0.202. The molecule has 3 unspecified atom stereocenters. The quantitative estimate of drug-likeness (QED) is 0.0248. The molecule has 0 bridgehead atoms. The van der Waals surface area contributed by atoms with Gasteiger partial charge >= 0.3 is 7.82 Å². The fourth-order valence-electron chi connectivity index (χ4n) is 5.61. The van der Waals surface area contributed by atoms with Gasteiger partial charge in [-0.15, -0.1) is 0 Å². The monoisotopic (exact) mass is 804 g/mol. The number of carbonyl (C=O) groups is 1. The second-order valence-electron chi connectivity index (χ2n) is 15.7. The number of nitrogens with one attached hydrogen (secondary N) is 1. The van der Waals surface area contributed by atoms with Crippen LogP contribution in [0.1, 0.15) is 155 Å². The van der Waals surface area contributed by atoms with Crippen LogP contribution in [0.2, 0.25) is 0 Å². The minimum absolute atomic E-state index is 0.0501. The van der Waals surface area contributed by atoms with Crippen molar-refractivity contribution in [3.8, 4) is 0 Å². The summed E-state index contributed by atoms with van der Waals surface area (Å²) in [5, 5.41) is 13.7. The number of carbonyl (C=O) groups excluding carboxylic acids is 1. The standard InChI is InChI=1S/C47H83N2O6P/c1-6-8-10-12-14-16-17-18-19-20-21-22-23-24-25-26-27-28-29-30-31-33-35-37-39-41-47(51)48-45(44-55-56(52,53)54-43-42-49(3,4)5)46(50)40-38-36-34-32-15-13-11-9-7-2/h8,10,14-16,18-19,21-22,24-25,32,38,40,45-46,50H,6-7,9,11-13,17,20,23,26-31,33-37,39,41-44H2,1-5H3,(H-,48,51,52,53)/p+1/b10-8-,16-14-,19-18-,22-21-,25-24-,32-15+,40-38+. The highest BCUT2D eigenvalue weighted by atomic mass is 31.2. The van der Waals surface area contributed by atoms with Gasteiger partial charge in [0.05, 0.1) is 39.9 Å². The van der Waals surface area contributed by atoms with E-state index in [0.29, 0.717) is 17.4 Å². The van der Waals surface area contributed by atoms with E-state index in [1.54, 1.807) is 6.08 Å². The lowest BCUT2D eigenvalue weighted by atomic mass is 10.1. The van der Waals surface area contributed by atoms with E-state index in [1.807, 2.05) is 27.2 Å². The number of amides is 1. The molecule has 0 fully saturated rings. The van der Waals surface area contributed by atoms with Crippen LogP contribution in [0.5, 0.6) is 0 Å². The van der Waals surface area contributed by atoms with Gasteiger partial charge in [-0.2, -0.15) is 0 Å². The number of hydrogen-bond donors (Lipinski definition) is 3. The molecule has 56 heavy (non-hydrogen) atoms. The summed E-state index contributed by atoms with van der Waals surface area (Å²) in [4.78, 5) is 23.0. The normalized spacial score (nSPS) is 15.2. The van der Waals surface area contributed by atoms with E-state index in [0.717, 1.165) is 77.0 Å². The lowest BCUT2D eigenvalue weighted by molar-refractivity contribution is -0.870. The minimum atomic E-state index is -4.34. The molecule has 3 atom stereocenters. The molecule has 0 aliphatic rings. The molecule has 1 amide bonds. The van der Waals surface area contributed by atoms with Gasteiger partial charge in [-0.3, -0.25) is 13.8 Å². The van der Waals surface area contributed by atoms with E-state index in [1.165, 1.54) is 57.8 Å². The molecular weight excluding hydrogens is 719 g/mol. The summed E-state index contributed by atoms with van der Waals surface area (Å²) in [7, 11) is 1.53. The zero-order chi connectivity index (χ0) is 41.4. The predicted octanol–water partition coefficient (Wildman–Crippen LogP) is 12.2. The highest BCUT2D eigenvalue weighted by molar-refractivity contribution is 7.47. The molecule has 0 saturated heterocycles. The van der Waals surface area contributed by atoms with Crippen LogP contribution in [0.25, 0.3) is 0 Å². The number of likely N-dealkylation sites (N-methyl/N-ethyl adjacent to an activating group) is 1. The van der Waals surface area contributed by atoms with Gasteiger partial charge in [-0.25, -0.2) is 4.57 Å². The number of aliphatic hydroxyl groups is 1. The van der Waals surface area contributed by atoms with E-state index in [2.05, 4.69) is 92.1 Å². The van der Waals surface area contributed by atoms with Crippen LogP contribution in [0.3, 0.4) is 0 Å². The van der Waals surface area contributed by atoms with Crippen LogP contribution >= 0.6 is 7.82 Å². The average molecular weight is 804 g/mol. The maximum atomic E-state index is 12.8. The van der Waals surface area contributed by atoms with Crippen molar-refractivity contribution in [1.82, 2.24) is 5.32 Å². The van der Waals surface area contributed by atoms with Gasteiger partial charge in [-0.05, 0) is 77.0 Å². The van der Waals surface area contributed by atoms with Crippen molar-refractivity contribution in [3.05, 3.63) is 85.1 Å². The molecule has 0 saturated carbocycles. The van der Waals surface area contributed by atoms with Crippen LogP contribution in [-0.2, 0) is 18.4 Å². The third kappa shape index (κ3) is 39.9. The molecule has 0 radical (unpaired) electrons. The first kappa shape index (κ1) is 53.7. The fraction of sp³-hybridized carbons (Fsp3) is 0.681. The number of unbranched alkanes of at least 4 members (excludes halogenated alkanes) is 13. The Labute approximate surface area is 344 Å². The maximum absolute atomic E-state index is 12.8. The molecule has 0 aromatic heterocycles. The van der Waals surface area contributed by atoms with Crippen LogP contribution in [0, 0.1) is 0 Å². The van der Waals surface area contributed by atoms with E-state index in [-0.39, 0.29) is 19.1 Å². The first-order chi connectivity index (χ1) is 27.0. The SMILES string of the molecule is CC/C=C\C/C=C\C/C=C\C/C=C\C/C=C\CCCCCCCCCCCC(=O)NC(COP(=O)(O)OCC[N+](C)(C)C)C(O)/C=C/CC/C=C/CCCCC. The summed E-state index contributed by atoms with van der Waals surface area (Å²) >= 11 is 0. The Morgan fingerprint density at radius 1 is 0.625 bits per heavy atom. The number of nitrogens with zero attached hydrogens (tertiary/aromatic N) is 1. The van der Waals surface area contributed by atoms with Crippen molar-refractivity contribution in [1.29, 1.82) is 0 Å². The summed E-state index contributed by atoms with van der Waals surface area (Å²) in [5.41, 5.74) is 0. The number of aliphatic hydroxyl groups excluding tert-OH is 1. The van der Waals surface area contributed by atoms with Crippen molar-refractivity contribution in [2.24, 2.45) is 0 Å². The van der Waals surface area contributed by atoms with E-state index < -0.39 is 20.0 Å². The summed E-state index contributed by atoms with van der Waals surface area (Å²) < 4.78 is 23.4. The number of allylic oxidation sites excluding steroid dienone is 13. The first-order valence-corrected chi connectivity index (χ1v) is 23.5. The molecule has 0 aliphatic heterocycles. The number of phosphoric acid groups is 1. The molecule has 3 N–H and O–H groups in total. The summed E-state index contributed by atoms with van der Waals surface area (Å²) in [6.45, 7) is 4.59. The van der Waals surface area contributed by atoms with Crippen LogP contribution in [-0.4, -0.2) is 73.4 Å². The molecule has 0 aliphatic carbocycles. The predicted molar refractivity (Wildman–Crippen MR) is 239 cm³/mol. The molecule has 0 rings (SSSR count). The third-order valence-electron chi connectivity index (χ3n) is 9.10. The van der Waals surface area contributed by atoms with E-state index >= 15 is 0 Å². The number of rotatable bonds is 38. The van der Waals surface area contributed by atoms with Crippen molar-refractivity contribution in [2.45, 2.75) is 167 Å². The molecule has 0 aromatic rings. The van der Waals surface area contributed by atoms with Gasteiger partial charge in [0.1, 0.15) is 13.2 Å². The first-order valence-electron chi connectivity index (χ1n) is 22.0. The van der Waals surface area contributed by atoms with Gasteiger partial charge in [-0.1, -0.05) is 157 Å². The van der Waals surface area contributed by atoms with Crippen molar-refractivity contribution in [2.75, 3.05) is 40.9 Å². The van der Waals surface area contributed by atoms with Gasteiger partial charge in [0, 0.05) is 6.42 Å². The molecule has 0 spiro atoms. The molecule has 8 nitrogen and oxygen atoms in total. The van der Waals surface area contributed by atoms with Gasteiger partial charge in [0.2, 0.25) is 5.91 Å². The van der Waals surface area contributed by atoms with Crippen LogP contribution < -0.4 is 5.32 Å². The summed E-state index contributed by atoms with van der Waals surface area (Å²) in [6.07, 6.45) is 52.4. The van der Waals surface area contributed by atoms with Crippen molar-refractivity contribution < 1.29 is 32.9 Å². The Morgan fingerprint density at radius 3 is 1.64 bits per heavy atom. The largest absolute Gasteiger partial charge is 0.472 e. The molecule has 0 aromatic carbocycles. The average Bonchev–Trinajstić information content (AvgIpc) is 3.15. The van der Waals surface area contributed by atoms with Gasteiger partial charge < -0.3 is 19.8 Å². The lowest BCUT2D eigenvalue weighted by Crippen LogP contribution is -2.45. The van der Waals surface area contributed by atoms with E-state index in [4.69, 9.17) is 9.05 Å². The molecule has 9 heteroatoms. The Hall–Kier alpha value is -2.32. The third-order valence-corrected chi connectivity index (χ3v) is 10.1. The lowest BCUT2D eigenvalue weighted by Gasteiger charge is -2.25. The maximum Gasteiger partial charge on any atom is 0.472 e. The summed E-state index contributed by atoms with van der Waals surface area (Å²) in [6, 6.07) is -0.869. The second-order valence-corrected chi connectivity index (χ2v) is 17.1. The Kier molecular flexibility index (Phi) is 36.6. The van der Waals surface area contributed by atoms with Gasteiger partial charge in [0.15, 0.2) is 0 Å². The Balaban J connectivity index is 4.28. The Morgan fingerprint density at radius 2 is 1.09 bits per heavy atom. The number of phosphoric ester groups is 1. The number of hydrogen-bond acceptors (Lipinski definition) is 5. The zero-order valence-corrected chi connectivity index (χ0v) is 37.2. The van der Waals surface area contributed by atoms with Gasteiger partial charge in [0.25, 0.3) is 0 Å². The number of quaternary nitrogens is 1. The minimum Gasteiger partial charge on any atom is -0.387 e. The highest BCUT2D eigenvalue weighted by Gasteiger charge is 2.27. The van der Waals surface area contributed by atoms with Crippen LogP contribution in [0.4, 0.5) is 0 Å². The highest BCUT2D eigenvalue weighted by Crippen LogP contribution is 2.43.